The van der Waals surface area contributed by atoms with Crippen molar-refractivity contribution in [2.45, 2.75) is 26.4 Å². The summed E-state index contributed by atoms with van der Waals surface area (Å²) >= 11 is 0. The average Bonchev–Trinajstić information content (AvgIpc) is 2.65. The fourth-order valence-electron chi connectivity index (χ4n) is 2.14. The quantitative estimate of drug-likeness (QED) is 0.411. The fraction of sp³-hybridized carbons (Fsp3) is 0.238. The highest BCUT2D eigenvalue weighted by molar-refractivity contribution is 6.08. The van der Waals surface area contributed by atoms with Crippen molar-refractivity contribution in [3.8, 4) is 5.75 Å². The largest absolute Gasteiger partial charge is 0.490 e. The topological polar surface area (TPSA) is 52.6 Å². The molecule has 0 saturated heterocycles. The summed E-state index contributed by atoms with van der Waals surface area (Å²) in [5, 5.41) is 0. The lowest BCUT2D eigenvalue weighted by atomic mass is 10.0. The molecule has 0 aliphatic carbocycles. The van der Waals surface area contributed by atoms with Gasteiger partial charge in [0.2, 0.25) is 0 Å². The maximum Gasteiger partial charge on any atom is 0.333 e. The van der Waals surface area contributed by atoms with Crippen molar-refractivity contribution < 1.29 is 19.1 Å². The number of ether oxygens (including phenoxy) is 2. The average molecular weight is 338 g/mol. The molecular formula is C21H22O4. The van der Waals surface area contributed by atoms with Crippen molar-refractivity contribution >= 4 is 11.8 Å². The van der Waals surface area contributed by atoms with E-state index in [2.05, 4.69) is 6.58 Å². The monoisotopic (exact) mass is 338 g/mol. The van der Waals surface area contributed by atoms with Crippen LogP contribution >= 0.6 is 0 Å². The first-order chi connectivity index (χ1) is 12.0. The van der Waals surface area contributed by atoms with Gasteiger partial charge in [0, 0.05) is 16.7 Å². The number of esters is 1. The van der Waals surface area contributed by atoms with E-state index in [0.29, 0.717) is 28.9 Å². The first-order valence-corrected chi connectivity index (χ1v) is 8.20. The molecule has 0 amide bonds. The molecule has 0 bridgehead atoms. The molecule has 0 radical (unpaired) electrons. The lowest BCUT2D eigenvalue weighted by Crippen LogP contribution is -2.24. The molecule has 2 aromatic carbocycles. The van der Waals surface area contributed by atoms with Crippen LogP contribution in [0.1, 0.15) is 36.2 Å². The molecule has 130 valence electrons. The second-order valence-corrected chi connectivity index (χ2v) is 5.75. The summed E-state index contributed by atoms with van der Waals surface area (Å²) in [6, 6.07) is 16.1. The number of hydrogen-bond acceptors (Lipinski definition) is 4. The summed E-state index contributed by atoms with van der Waals surface area (Å²) in [5.41, 5.74) is 1.61. The third-order valence-corrected chi connectivity index (χ3v) is 3.67. The van der Waals surface area contributed by atoms with Gasteiger partial charge in [-0.2, -0.15) is 0 Å². The molecule has 0 heterocycles. The van der Waals surface area contributed by atoms with Crippen LogP contribution in [0.3, 0.4) is 0 Å². The molecule has 4 nitrogen and oxygen atoms in total. The van der Waals surface area contributed by atoms with Gasteiger partial charge in [-0.25, -0.2) is 4.79 Å². The Kier molecular flexibility index (Phi) is 6.52. The summed E-state index contributed by atoms with van der Waals surface area (Å²) in [4.78, 5) is 23.9. The number of ketones is 1. The molecular weight excluding hydrogens is 316 g/mol. The minimum absolute atomic E-state index is 0.0334. The maximum atomic E-state index is 12.3. The third kappa shape index (κ3) is 5.31. The smallest absolute Gasteiger partial charge is 0.333 e. The minimum Gasteiger partial charge on any atom is -0.490 e. The van der Waals surface area contributed by atoms with Gasteiger partial charge in [-0.05, 0) is 37.6 Å². The van der Waals surface area contributed by atoms with E-state index in [4.69, 9.17) is 9.47 Å². The lowest BCUT2D eigenvalue weighted by molar-refractivity contribution is -0.145. The van der Waals surface area contributed by atoms with E-state index in [-0.39, 0.29) is 18.5 Å². The van der Waals surface area contributed by atoms with Gasteiger partial charge in [0.1, 0.15) is 18.5 Å². The molecule has 0 aromatic heterocycles. The van der Waals surface area contributed by atoms with Crippen molar-refractivity contribution in [2.75, 3.05) is 6.61 Å². The van der Waals surface area contributed by atoms with Crippen molar-refractivity contribution in [1.82, 2.24) is 0 Å². The van der Waals surface area contributed by atoms with Gasteiger partial charge in [0.15, 0.2) is 5.78 Å². The Bertz CT molecular complexity index is 732. The first kappa shape index (κ1) is 18.5. The van der Waals surface area contributed by atoms with Crippen LogP contribution in [0.15, 0.2) is 66.7 Å². The molecule has 0 spiro atoms. The molecule has 0 fully saturated rings. The highest BCUT2D eigenvalue weighted by Gasteiger charge is 2.14. The summed E-state index contributed by atoms with van der Waals surface area (Å²) in [6.45, 7) is 7.34. The van der Waals surface area contributed by atoms with Gasteiger partial charge in [0.05, 0.1) is 0 Å². The number of carbonyl (C=O) groups is 2. The lowest BCUT2D eigenvalue weighted by Gasteiger charge is -2.17. The van der Waals surface area contributed by atoms with Crippen LogP contribution in [0.25, 0.3) is 0 Å². The van der Waals surface area contributed by atoms with E-state index in [0.717, 1.165) is 0 Å². The van der Waals surface area contributed by atoms with E-state index in [9.17, 15) is 9.59 Å². The predicted octanol–water partition coefficient (Wildman–Crippen LogP) is 4.19. The van der Waals surface area contributed by atoms with Gasteiger partial charge in [-0.15, -0.1) is 0 Å². The van der Waals surface area contributed by atoms with E-state index >= 15 is 0 Å². The normalized spacial score (nSPS) is 11.4. The van der Waals surface area contributed by atoms with Crippen molar-refractivity contribution in [1.29, 1.82) is 0 Å². The number of rotatable bonds is 8. The van der Waals surface area contributed by atoms with Gasteiger partial charge >= 0.3 is 5.97 Å². The number of benzene rings is 2. The van der Waals surface area contributed by atoms with Crippen molar-refractivity contribution in [3.63, 3.8) is 0 Å². The van der Waals surface area contributed by atoms with Crippen LogP contribution in [-0.2, 0) is 9.53 Å². The van der Waals surface area contributed by atoms with Crippen LogP contribution in [0, 0.1) is 0 Å². The third-order valence-electron chi connectivity index (χ3n) is 3.67. The standard InChI is InChI=1S/C21H22O4/c1-4-18(25-21(23)15(2)3)14-24-19-12-10-17(11-13-19)20(22)16-8-6-5-7-9-16/h5-13,18H,2,4,14H2,1,3H3. The van der Waals surface area contributed by atoms with E-state index in [1.54, 1.807) is 43.3 Å². The molecule has 4 heteroatoms. The number of hydrogen-bond donors (Lipinski definition) is 0. The first-order valence-electron chi connectivity index (χ1n) is 8.20. The molecule has 1 unspecified atom stereocenters. The zero-order valence-corrected chi connectivity index (χ0v) is 14.5. The van der Waals surface area contributed by atoms with Gasteiger partial charge in [-0.3, -0.25) is 4.79 Å². The van der Waals surface area contributed by atoms with Crippen LogP contribution < -0.4 is 4.74 Å². The van der Waals surface area contributed by atoms with Crippen LogP contribution in [0.5, 0.6) is 5.75 Å². The number of carbonyl (C=O) groups excluding carboxylic acids is 2. The van der Waals surface area contributed by atoms with E-state index < -0.39 is 5.97 Å². The van der Waals surface area contributed by atoms with Crippen molar-refractivity contribution in [2.24, 2.45) is 0 Å². The SMILES string of the molecule is C=C(C)C(=O)OC(CC)COc1ccc(C(=O)c2ccccc2)cc1. The molecule has 2 aromatic rings. The molecule has 0 saturated carbocycles. The van der Waals surface area contributed by atoms with Gasteiger partial charge < -0.3 is 9.47 Å². The van der Waals surface area contributed by atoms with Gasteiger partial charge in [0.25, 0.3) is 0 Å². The summed E-state index contributed by atoms with van der Waals surface area (Å²) in [6.07, 6.45) is 0.304. The fourth-order valence-corrected chi connectivity index (χ4v) is 2.14. The Labute approximate surface area is 148 Å². The van der Waals surface area contributed by atoms with Crippen LogP contribution in [0.4, 0.5) is 0 Å². The van der Waals surface area contributed by atoms with E-state index in [1.165, 1.54) is 0 Å². The van der Waals surface area contributed by atoms with Crippen LogP contribution in [-0.4, -0.2) is 24.5 Å². The second-order valence-electron chi connectivity index (χ2n) is 5.75. The molecule has 25 heavy (non-hydrogen) atoms. The molecule has 0 aliphatic heterocycles. The Hall–Kier alpha value is -2.88. The van der Waals surface area contributed by atoms with E-state index in [1.807, 2.05) is 25.1 Å². The molecule has 0 aliphatic rings. The second kappa shape index (κ2) is 8.83. The Balaban J connectivity index is 1.95. The Morgan fingerprint density at radius 2 is 1.60 bits per heavy atom. The van der Waals surface area contributed by atoms with Crippen LogP contribution in [0.2, 0.25) is 0 Å². The highest BCUT2D eigenvalue weighted by atomic mass is 16.6. The van der Waals surface area contributed by atoms with Crippen molar-refractivity contribution in [3.05, 3.63) is 77.9 Å². The summed E-state index contributed by atoms with van der Waals surface area (Å²) < 4.78 is 10.9. The Morgan fingerprint density at radius 1 is 1.00 bits per heavy atom. The molecule has 0 N–H and O–H groups in total. The minimum atomic E-state index is -0.417. The predicted molar refractivity (Wildman–Crippen MR) is 96.8 cm³/mol. The zero-order chi connectivity index (χ0) is 18.2. The highest BCUT2D eigenvalue weighted by Crippen LogP contribution is 2.16. The molecule has 1 atom stereocenters. The van der Waals surface area contributed by atoms with Gasteiger partial charge in [-0.1, -0.05) is 43.8 Å². The zero-order valence-electron chi connectivity index (χ0n) is 14.5. The Morgan fingerprint density at radius 3 is 2.16 bits per heavy atom. The summed E-state index contributed by atoms with van der Waals surface area (Å²) in [5.74, 6) is 0.169. The molecule has 2 rings (SSSR count). The summed E-state index contributed by atoms with van der Waals surface area (Å²) in [7, 11) is 0. The maximum absolute atomic E-state index is 12.3.